The van der Waals surface area contributed by atoms with Crippen LogP contribution in [0.2, 0.25) is 5.02 Å². The van der Waals surface area contributed by atoms with E-state index in [1.807, 2.05) is 51.1 Å². The van der Waals surface area contributed by atoms with Gasteiger partial charge < -0.3 is 15.4 Å². The van der Waals surface area contributed by atoms with Gasteiger partial charge in [0.25, 0.3) is 5.89 Å². The molecule has 7 nitrogen and oxygen atoms in total. The number of carboxylic acids is 1. The zero-order valence-corrected chi connectivity index (χ0v) is 24.0. The van der Waals surface area contributed by atoms with Gasteiger partial charge in [0.15, 0.2) is 0 Å². The van der Waals surface area contributed by atoms with E-state index in [1.165, 1.54) is 0 Å². The molecule has 1 atom stereocenters. The lowest BCUT2D eigenvalue weighted by atomic mass is 9.79. The number of aliphatic carboxylic acids is 1. The number of nitrogens with zero attached hydrogens (tertiary/aromatic N) is 3. The monoisotopic (exact) mass is 538 g/mol. The van der Waals surface area contributed by atoms with E-state index in [0.717, 1.165) is 41.8 Å². The summed E-state index contributed by atoms with van der Waals surface area (Å²) in [5.41, 5.74) is 9.18. The van der Waals surface area contributed by atoms with Crippen LogP contribution < -0.4 is 5.73 Å². The third-order valence-electron chi connectivity index (χ3n) is 7.58. The molecule has 1 aromatic heterocycles. The highest BCUT2D eigenvalue weighted by molar-refractivity contribution is 6.31. The van der Waals surface area contributed by atoms with Crippen molar-refractivity contribution in [2.45, 2.75) is 77.8 Å². The Balaban J connectivity index is 1.54. The molecule has 38 heavy (non-hydrogen) atoms. The first-order chi connectivity index (χ1) is 17.7. The molecule has 3 N–H and O–H groups in total. The van der Waals surface area contributed by atoms with Crippen LogP contribution in [0.15, 0.2) is 47.0 Å². The van der Waals surface area contributed by atoms with Crippen LogP contribution in [-0.4, -0.2) is 44.7 Å². The minimum atomic E-state index is -0.718. The number of carboxylic acid groups (broad SMARTS) is 1. The summed E-state index contributed by atoms with van der Waals surface area (Å²) >= 11 is 6.54. The molecule has 0 bridgehead atoms. The first-order valence-electron chi connectivity index (χ1n) is 13.2. The van der Waals surface area contributed by atoms with Gasteiger partial charge >= 0.3 is 5.97 Å². The van der Waals surface area contributed by atoms with Crippen molar-refractivity contribution in [3.63, 3.8) is 0 Å². The van der Waals surface area contributed by atoms with E-state index >= 15 is 0 Å². The summed E-state index contributed by atoms with van der Waals surface area (Å²) in [6, 6.07) is 14.1. The Labute approximate surface area is 230 Å². The van der Waals surface area contributed by atoms with E-state index in [0.29, 0.717) is 29.6 Å². The molecule has 0 spiro atoms. The second kappa shape index (κ2) is 10.4. The average molecular weight is 539 g/mol. The molecule has 1 saturated heterocycles. The van der Waals surface area contributed by atoms with Crippen molar-refractivity contribution in [2.75, 3.05) is 13.1 Å². The van der Waals surface area contributed by atoms with Crippen molar-refractivity contribution in [3.8, 4) is 22.8 Å². The molecule has 0 aliphatic carbocycles. The molecule has 1 fully saturated rings. The van der Waals surface area contributed by atoms with E-state index in [4.69, 9.17) is 21.9 Å². The summed E-state index contributed by atoms with van der Waals surface area (Å²) in [7, 11) is 0. The maximum Gasteiger partial charge on any atom is 0.309 e. The van der Waals surface area contributed by atoms with Gasteiger partial charge in [-0.15, -0.1) is 0 Å². The van der Waals surface area contributed by atoms with Crippen molar-refractivity contribution in [2.24, 2.45) is 11.1 Å². The fraction of sp³-hybridized carbons (Fsp3) is 0.500. The van der Waals surface area contributed by atoms with Crippen LogP contribution in [0.25, 0.3) is 22.8 Å². The maximum absolute atomic E-state index is 11.7. The molecule has 4 rings (SSSR count). The third kappa shape index (κ3) is 6.28. The second-order valence-corrected chi connectivity index (χ2v) is 13.0. The van der Waals surface area contributed by atoms with Crippen LogP contribution in [0.4, 0.5) is 0 Å². The third-order valence-corrected chi connectivity index (χ3v) is 7.89. The van der Waals surface area contributed by atoms with Gasteiger partial charge in [-0.2, -0.15) is 4.98 Å². The lowest BCUT2D eigenvalue weighted by Crippen LogP contribution is -2.46. The smallest absolute Gasteiger partial charge is 0.309 e. The van der Waals surface area contributed by atoms with Gasteiger partial charge in [0.2, 0.25) is 5.82 Å². The number of hydrogen-bond donors (Lipinski definition) is 2. The number of benzene rings is 2. The summed E-state index contributed by atoms with van der Waals surface area (Å²) in [6.45, 7) is 13.7. The van der Waals surface area contributed by atoms with Crippen LogP contribution in [0, 0.1) is 5.41 Å². The van der Waals surface area contributed by atoms with Gasteiger partial charge in [0, 0.05) is 27.7 Å². The zero-order valence-electron chi connectivity index (χ0n) is 23.2. The highest BCUT2D eigenvalue weighted by Crippen LogP contribution is 2.38. The van der Waals surface area contributed by atoms with Crippen molar-refractivity contribution < 1.29 is 14.4 Å². The Bertz CT molecular complexity index is 1280. The predicted molar refractivity (Wildman–Crippen MR) is 151 cm³/mol. The predicted octanol–water partition coefficient (Wildman–Crippen LogP) is 6.71. The lowest BCUT2D eigenvalue weighted by molar-refractivity contribution is -0.151. The van der Waals surface area contributed by atoms with Crippen molar-refractivity contribution in [1.82, 2.24) is 15.0 Å². The van der Waals surface area contributed by atoms with Gasteiger partial charge in [0.05, 0.1) is 5.41 Å². The normalized spacial score (nSPS) is 17.4. The molecular weight excluding hydrogens is 500 g/mol. The van der Waals surface area contributed by atoms with Crippen LogP contribution in [0.5, 0.6) is 0 Å². The number of halogens is 1. The quantitative estimate of drug-likeness (QED) is 0.344. The first-order valence-corrected chi connectivity index (χ1v) is 13.5. The minimum absolute atomic E-state index is 0.0571. The molecule has 0 radical (unpaired) electrons. The Morgan fingerprint density at radius 2 is 1.71 bits per heavy atom. The van der Waals surface area contributed by atoms with Gasteiger partial charge in [-0.3, -0.25) is 9.69 Å². The Morgan fingerprint density at radius 3 is 2.24 bits per heavy atom. The summed E-state index contributed by atoms with van der Waals surface area (Å²) in [6.07, 6.45) is 2.00. The molecule has 0 amide bonds. The van der Waals surface area contributed by atoms with E-state index in [-0.39, 0.29) is 17.0 Å². The highest BCUT2D eigenvalue weighted by atomic mass is 35.5. The van der Waals surface area contributed by atoms with E-state index in [9.17, 15) is 9.90 Å². The van der Waals surface area contributed by atoms with Crippen molar-refractivity contribution >= 4 is 17.6 Å². The summed E-state index contributed by atoms with van der Waals surface area (Å²) in [5, 5.41) is 14.5. The maximum atomic E-state index is 11.7. The summed E-state index contributed by atoms with van der Waals surface area (Å²) in [4.78, 5) is 18.7. The largest absolute Gasteiger partial charge is 0.481 e. The van der Waals surface area contributed by atoms with Crippen LogP contribution in [0.1, 0.15) is 78.0 Å². The molecule has 2 heterocycles. The summed E-state index contributed by atoms with van der Waals surface area (Å²) in [5.74, 6) is 0.210. The molecule has 204 valence electrons. The number of hydrogen-bond acceptors (Lipinski definition) is 6. The number of rotatable bonds is 7. The Hall–Kier alpha value is -2.74. The van der Waals surface area contributed by atoms with Crippen molar-refractivity contribution in [3.05, 3.63) is 58.6 Å². The fourth-order valence-corrected chi connectivity index (χ4v) is 5.53. The zero-order chi connectivity index (χ0) is 27.9. The molecule has 2 aromatic carbocycles. The SMILES string of the molecule is CC(C)(N)CC(c1ccc(-c2noc(-c3ccc(C(C)(C)C)c(Cl)c3)n2)cc1)N1CCC(C)(C(=O)O)CC1. The van der Waals surface area contributed by atoms with E-state index in [2.05, 4.69) is 47.9 Å². The fourth-order valence-electron chi connectivity index (χ4n) is 5.07. The average Bonchev–Trinajstić information content (AvgIpc) is 3.32. The summed E-state index contributed by atoms with van der Waals surface area (Å²) < 4.78 is 5.57. The van der Waals surface area contributed by atoms with Crippen LogP contribution in [0.3, 0.4) is 0 Å². The number of likely N-dealkylation sites (tertiary alicyclic amines) is 1. The van der Waals surface area contributed by atoms with Gasteiger partial charge in [0.1, 0.15) is 0 Å². The van der Waals surface area contributed by atoms with E-state index < -0.39 is 11.4 Å². The Morgan fingerprint density at radius 1 is 1.11 bits per heavy atom. The lowest BCUT2D eigenvalue weighted by Gasteiger charge is -2.42. The molecule has 1 unspecified atom stereocenters. The standard InChI is InChI=1S/C30H39ClN4O3/c1-28(2,3)22-12-11-21(17-23(22)31)26-33-25(34-38-26)20-9-7-19(8-10-20)24(18-29(4,5)32)35-15-13-30(6,14-16-35)27(36)37/h7-12,17,24H,13-16,18,32H2,1-6H3,(H,36,37). The molecule has 3 aromatic rings. The van der Waals surface area contributed by atoms with Gasteiger partial charge in [-0.1, -0.05) is 67.9 Å². The van der Waals surface area contributed by atoms with Crippen molar-refractivity contribution in [1.29, 1.82) is 0 Å². The van der Waals surface area contributed by atoms with Crippen LogP contribution in [-0.2, 0) is 10.2 Å². The number of piperidine rings is 1. The highest BCUT2D eigenvalue weighted by Gasteiger charge is 2.39. The number of carbonyl (C=O) groups is 1. The van der Waals surface area contributed by atoms with E-state index in [1.54, 1.807) is 0 Å². The number of aromatic nitrogens is 2. The molecule has 1 aliphatic rings. The topological polar surface area (TPSA) is 105 Å². The van der Waals surface area contributed by atoms with Crippen LogP contribution >= 0.6 is 11.6 Å². The minimum Gasteiger partial charge on any atom is -0.481 e. The molecule has 1 aliphatic heterocycles. The first kappa shape index (κ1) is 28.3. The van der Waals surface area contributed by atoms with Gasteiger partial charge in [-0.25, -0.2) is 0 Å². The second-order valence-electron chi connectivity index (χ2n) is 12.6. The Kier molecular flexibility index (Phi) is 7.77. The molecular formula is C30H39ClN4O3. The number of nitrogens with two attached hydrogens (primary N) is 1. The molecule has 8 heteroatoms. The molecule has 0 saturated carbocycles. The van der Waals surface area contributed by atoms with Gasteiger partial charge in [-0.05, 0) is 81.8 Å².